The first-order valence-corrected chi connectivity index (χ1v) is 8.23. The van der Waals surface area contributed by atoms with Gasteiger partial charge < -0.3 is 10.4 Å². The molecule has 0 aliphatic heterocycles. The average Bonchev–Trinajstić information content (AvgIpc) is 2.23. The Morgan fingerprint density at radius 1 is 1.19 bits per heavy atom. The van der Waals surface area contributed by atoms with E-state index in [0.717, 1.165) is 6.26 Å². The van der Waals surface area contributed by atoms with Crippen molar-refractivity contribution < 1.29 is 27.9 Å². The third-order valence-corrected chi connectivity index (χ3v) is 5.14. The van der Waals surface area contributed by atoms with Gasteiger partial charge in [-0.05, 0) is 19.8 Å². The number of carbonyl (C=O) groups excluding carboxylic acids is 2. The second-order valence-electron chi connectivity index (χ2n) is 5.67. The zero-order valence-electron chi connectivity index (χ0n) is 12.6. The van der Waals surface area contributed by atoms with E-state index >= 15 is 0 Å². The molecule has 0 saturated carbocycles. The first-order valence-electron chi connectivity index (χ1n) is 6.34. The molecule has 0 rings (SSSR count). The summed E-state index contributed by atoms with van der Waals surface area (Å²) < 4.78 is 21.7. The van der Waals surface area contributed by atoms with E-state index in [0.29, 0.717) is 0 Å². The maximum Gasteiger partial charge on any atom is 0.321 e. The number of carbonyl (C=O) groups is 3. The fourth-order valence-corrected chi connectivity index (χ4v) is 1.67. The Hall–Kier alpha value is -1.64. The van der Waals surface area contributed by atoms with Crippen molar-refractivity contribution in [3.63, 3.8) is 0 Å². The second-order valence-corrected chi connectivity index (χ2v) is 8.32. The molecule has 8 nitrogen and oxygen atoms in total. The monoisotopic (exact) mass is 322 g/mol. The summed E-state index contributed by atoms with van der Waals surface area (Å²) in [5.74, 6) is -2.03. The fraction of sp³-hybridized carbons (Fsp3) is 0.750. The SMILES string of the molecule is CC(CC(=O)O)CC(=O)NC(=O)NCC(C)(C)S(C)(=O)=O. The van der Waals surface area contributed by atoms with Gasteiger partial charge in [0.15, 0.2) is 9.84 Å². The summed E-state index contributed by atoms with van der Waals surface area (Å²) in [5.41, 5.74) is 0. The topological polar surface area (TPSA) is 130 Å². The number of carboxylic acid groups (broad SMARTS) is 1. The van der Waals surface area contributed by atoms with Crippen molar-refractivity contribution in [3.8, 4) is 0 Å². The van der Waals surface area contributed by atoms with E-state index in [-0.39, 0.29) is 19.4 Å². The molecular formula is C12H22N2O6S. The number of hydrogen-bond donors (Lipinski definition) is 3. The normalized spacial score (nSPS) is 13.3. The zero-order chi connectivity index (χ0) is 16.8. The maximum atomic E-state index is 11.5. The fourth-order valence-electron chi connectivity index (χ4n) is 1.33. The van der Waals surface area contributed by atoms with E-state index in [4.69, 9.17) is 5.11 Å². The third kappa shape index (κ3) is 7.64. The van der Waals surface area contributed by atoms with Gasteiger partial charge in [-0.3, -0.25) is 14.9 Å². The highest BCUT2D eigenvalue weighted by Gasteiger charge is 2.30. The van der Waals surface area contributed by atoms with Crippen molar-refractivity contribution in [1.82, 2.24) is 10.6 Å². The molecule has 0 heterocycles. The zero-order valence-corrected chi connectivity index (χ0v) is 13.4. The van der Waals surface area contributed by atoms with Gasteiger partial charge in [-0.15, -0.1) is 0 Å². The van der Waals surface area contributed by atoms with Gasteiger partial charge in [0.2, 0.25) is 5.91 Å². The Morgan fingerprint density at radius 2 is 1.71 bits per heavy atom. The average molecular weight is 322 g/mol. The number of imide groups is 1. The van der Waals surface area contributed by atoms with Crippen molar-refractivity contribution in [2.75, 3.05) is 12.8 Å². The number of rotatable bonds is 7. The minimum Gasteiger partial charge on any atom is -0.481 e. The van der Waals surface area contributed by atoms with Crippen LogP contribution in [0.2, 0.25) is 0 Å². The van der Waals surface area contributed by atoms with Crippen LogP contribution in [0.4, 0.5) is 4.79 Å². The number of carboxylic acids is 1. The molecule has 0 radical (unpaired) electrons. The summed E-state index contributed by atoms with van der Waals surface area (Å²) >= 11 is 0. The predicted molar refractivity (Wildman–Crippen MR) is 76.5 cm³/mol. The summed E-state index contributed by atoms with van der Waals surface area (Å²) in [7, 11) is -3.35. The third-order valence-electron chi connectivity index (χ3n) is 2.99. The lowest BCUT2D eigenvalue weighted by molar-refractivity contribution is -0.138. The first kappa shape index (κ1) is 19.4. The van der Waals surface area contributed by atoms with Crippen molar-refractivity contribution in [2.24, 2.45) is 5.92 Å². The van der Waals surface area contributed by atoms with Crippen LogP contribution >= 0.6 is 0 Å². The van der Waals surface area contributed by atoms with Gasteiger partial charge in [-0.1, -0.05) is 6.92 Å². The minimum absolute atomic E-state index is 0.102. The molecule has 9 heteroatoms. The number of amides is 3. The molecule has 3 N–H and O–H groups in total. The summed E-state index contributed by atoms with van der Waals surface area (Å²) in [6.45, 7) is 4.35. The van der Waals surface area contributed by atoms with Crippen molar-refractivity contribution in [2.45, 2.75) is 38.4 Å². The number of aliphatic carboxylic acids is 1. The van der Waals surface area contributed by atoms with Gasteiger partial charge >= 0.3 is 12.0 Å². The molecule has 0 spiro atoms. The molecule has 0 fully saturated rings. The van der Waals surface area contributed by atoms with E-state index in [9.17, 15) is 22.8 Å². The molecule has 1 unspecified atom stereocenters. The van der Waals surface area contributed by atoms with Gasteiger partial charge in [-0.25, -0.2) is 13.2 Å². The van der Waals surface area contributed by atoms with Gasteiger partial charge in [0.05, 0.1) is 4.75 Å². The largest absolute Gasteiger partial charge is 0.481 e. The standard InChI is InChI=1S/C12H22N2O6S/c1-8(6-10(16)17)5-9(15)14-11(18)13-7-12(2,3)21(4,19)20/h8H,5-7H2,1-4H3,(H,16,17)(H2,13,14,15,18). The van der Waals surface area contributed by atoms with Crippen molar-refractivity contribution >= 4 is 27.7 Å². The number of hydrogen-bond acceptors (Lipinski definition) is 5. The highest BCUT2D eigenvalue weighted by atomic mass is 32.2. The molecule has 21 heavy (non-hydrogen) atoms. The lowest BCUT2D eigenvalue weighted by Crippen LogP contribution is -2.48. The van der Waals surface area contributed by atoms with E-state index in [1.165, 1.54) is 13.8 Å². The summed E-state index contributed by atoms with van der Waals surface area (Å²) in [5, 5.41) is 12.9. The number of nitrogens with one attached hydrogen (secondary N) is 2. The van der Waals surface area contributed by atoms with Gasteiger partial charge in [0.25, 0.3) is 0 Å². The number of sulfone groups is 1. The molecule has 3 amide bonds. The van der Waals surface area contributed by atoms with Crippen molar-refractivity contribution in [3.05, 3.63) is 0 Å². The predicted octanol–water partition coefficient (Wildman–Crippen LogP) is 0.136. The number of urea groups is 1. The summed E-state index contributed by atoms with van der Waals surface area (Å²) in [6, 6.07) is -0.806. The molecule has 0 aliphatic carbocycles. The molecule has 0 aromatic carbocycles. The molecule has 0 aromatic heterocycles. The van der Waals surface area contributed by atoms with E-state index in [2.05, 4.69) is 5.32 Å². The molecule has 0 aliphatic rings. The van der Waals surface area contributed by atoms with E-state index < -0.39 is 38.4 Å². The molecule has 0 bridgehead atoms. The van der Waals surface area contributed by atoms with Crippen LogP contribution in [-0.2, 0) is 19.4 Å². The Bertz CT molecular complexity index is 512. The smallest absolute Gasteiger partial charge is 0.321 e. The van der Waals surface area contributed by atoms with Gasteiger partial charge in [0, 0.05) is 25.6 Å². The molecule has 1 atom stereocenters. The second kappa shape index (κ2) is 7.39. The quantitative estimate of drug-likeness (QED) is 0.611. The van der Waals surface area contributed by atoms with Crippen LogP contribution in [0.5, 0.6) is 0 Å². The molecule has 0 aromatic rings. The lowest BCUT2D eigenvalue weighted by Gasteiger charge is -2.22. The Labute approximate surface area is 124 Å². The Kier molecular flexibility index (Phi) is 6.81. The van der Waals surface area contributed by atoms with Crippen LogP contribution in [0.3, 0.4) is 0 Å². The highest BCUT2D eigenvalue weighted by molar-refractivity contribution is 7.92. The van der Waals surface area contributed by atoms with Crippen LogP contribution in [0.1, 0.15) is 33.6 Å². The van der Waals surface area contributed by atoms with Crippen LogP contribution in [0.25, 0.3) is 0 Å². The van der Waals surface area contributed by atoms with E-state index in [1.54, 1.807) is 6.92 Å². The highest BCUT2D eigenvalue weighted by Crippen LogP contribution is 2.13. The summed E-state index contributed by atoms with van der Waals surface area (Å²) in [4.78, 5) is 33.4. The van der Waals surface area contributed by atoms with Crippen LogP contribution in [-0.4, -0.2) is 49.0 Å². The minimum atomic E-state index is -3.35. The van der Waals surface area contributed by atoms with E-state index in [1.807, 2.05) is 5.32 Å². The van der Waals surface area contributed by atoms with Gasteiger partial charge in [-0.2, -0.15) is 0 Å². The molecule has 122 valence electrons. The van der Waals surface area contributed by atoms with Crippen LogP contribution in [0, 0.1) is 5.92 Å². The van der Waals surface area contributed by atoms with Crippen molar-refractivity contribution in [1.29, 1.82) is 0 Å². The molecule has 0 saturated heterocycles. The summed E-state index contributed by atoms with van der Waals surface area (Å²) in [6.07, 6.45) is 0.788. The Balaban J connectivity index is 4.27. The van der Waals surface area contributed by atoms with Crippen LogP contribution in [0.15, 0.2) is 0 Å². The van der Waals surface area contributed by atoms with Gasteiger partial charge in [0.1, 0.15) is 0 Å². The Morgan fingerprint density at radius 3 is 2.14 bits per heavy atom. The molecular weight excluding hydrogens is 300 g/mol. The lowest BCUT2D eigenvalue weighted by atomic mass is 10.0. The van der Waals surface area contributed by atoms with Crippen LogP contribution < -0.4 is 10.6 Å². The first-order chi connectivity index (χ1) is 9.35. The maximum absolute atomic E-state index is 11.5.